The van der Waals surface area contributed by atoms with Crippen LogP contribution in [0.15, 0.2) is 85.2 Å². The average Bonchev–Trinajstić information content (AvgIpc) is 3.62. The van der Waals surface area contributed by atoms with E-state index in [9.17, 15) is 18.4 Å². The number of carbonyl (C=O) groups excluding carboxylic acids is 2. The molecule has 0 fully saturated rings. The first-order valence-electron chi connectivity index (χ1n) is 14.3. The number of halogens is 2. The molecule has 12 heteroatoms. The Labute approximate surface area is 256 Å². The molecule has 4 aromatic heterocycles. The van der Waals surface area contributed by atoms with Gasteiger partial charge in [-0.2, -0.15) is 14.6 Å². The smallest absolute Gasteiger partial charge is 0.257 e. The van der Waals surface area contributed by atoms with Crippen molar-refractivity contribution in [2.75, 3.05) is 11.9 Å². The van der Waals surface area contributed by atoms with Gasteiger partial charge in [-0.05, 0) is 55.0 Å². The first-order chi connectivity index (χ1) is 21.8. The number of hydrogen-bond acceptors (Lipinski definition) is 6. The summed E-state index contributed by atoms with van der Waals surface area (Å²) in [4.78, 5) is 35.8. The van der Waals surface area contributed by atoms with Crippen LogP contribution in [0.1, 0.15) is 27.2 Å². The second-order valence-electron chi connectivity index (χ2n) is 10.8. The van der Waals surface area contributed by atoms with Crippen LogP contribution in [0.2, 0.25) is 0 Å². The van der Waals surface area contributed by atoms with Gasteiger partial charge in [0.25, 0.3) is 5.91 Å². The molecular formula is C33H26F2N8O2. The molecule has 45 heavy (non-hydrogen) atoms. The highest BCUT2D eigenvalue weighted by Crippen LogP contribution is 2.36. The van der Waals surface area contributed by atoms with Crippen LogP contribution in [0.3, 0.4) is 0 Å². The summed E-state index contributed by atoms with van der Waals surface area (Å²) in [6, 6.07) is 20.0. The van der Waals surface area contributed by atoms with Gasteiger partial charge in [-0.3, -0.25) is 14.3 Å². The minimum Gasteiger partial charge on any atom is -0.335 e. The lowest BCUT2D eigenvalue weighted by molar-refractivity contribution is -0.132. The standard InChI is InChI=1S/C33H26F2N8O2/c1-20-2-4-21(5-3-20)16-30(44)41-14-15-42-26(18-41)31(32(40-42)22-6-8-24(34)9-7-22)25-10-11-29-37-28(19-43(29)39-25)38-33(45)23-12-13-36-27(35)17-23/h2-13,17,19H,14-16,18H2,1H3,(H,38,45). The molecule has 0 spiro atoms. The number of aromatic nitrogens is 6. The van der Waals surface area contributed by atoms with Gasteiger partial charge >= 0.3 is 0 Å². The van der Waals surface area contributed by atoms with Gasteiger partial charge in [0.05, 0.1) is 42.7 Å². The zero-order chi connectivity index (χ0) is 31.1. The van der Waals surface area contributed by atoms with E-state index in [0.717, 1.165) is 22.9 Å². The highest BCUT2D eigenvalue weighted by molar-refractivity contribution is 6.03. The van der Waals surface area contributed by atoms with Gasteiger partial charge in [-0.1, -0.05) is 29.8 Å². The fourth-order valence-corrected chi connectivity index (χ4v) is 5.41. The van der Waals surface area contributed by atoms with Crippen molar-refractivity contribution in [3.63, 3.8) is 0 Å². The van der Waals surface area contributed by atoms with E-state index < -0.39 is 11.9 Å². The molecule has 0 saturated heterocycles. The van der Waals surface area contributed by atoms with E-state index in [4.69, 9.17) is 10.2 Å². The number of carbonyl (C=O) groups is 2. The third-order valence-electron chi connectivity index (χ3n) is 7.73. The zero-order valence-electron chi connectivity index (χ0n) is 24.1. The van der Waals surface area contributed by atoms with Gasteiger partial charge in [-0.15, -0.1) is 0 Å². The van der Waals surface area contributed by atoms with Crippen LogP contribution >= 0.6 is 0 Å². The Balaban J connectivity index is 1.23. The van der Waals surface area contributed by atoms with Crippen molar-refractivity contribution in [1.29, 1.82) is 0 Å². The minimum absolute atomic E-state index is 0.00747. The summed E-state index contributed by atoms with van der Waals surface area (Å²) in [6.07, 6.45) is 3.05. The van der Waals surface area contributed by atoms with Crippen LogP contribution < -0.4 is 5.32 Å². The number of pyridine rings is 1. The Hall–Kier alpha value is -5.78. The van der Waals surface area contributed by atoms with E-state index in [1.165, 1.54) is 28.9 Å². The maximum atomic E-state index is 13.8. The van der Waals surface area contributed by atoms with Crippen LogP contribution in [0.4, 0.5) is 14.6 Å². The molecule has 224 valence electrons. The molecule has 0 bridgehead atoms. The Morgan fingerprint density at radius 3 is 2.51 bits per heavy atom. The van der Waals surface area contributed by atoms with Crippen LogP contribution in [0, 0.1) is 18.7 Å². The average molecular weight is 605 g/mol. The van der Waals surface area contributed by atoms with Gasteiger partial charge in [0.1, 0.15) is 11.5 Å². The van der Waals surface area contributed by atoms with Crippen molar-refractivity contribution in [3.8, 4) is 22.5 Å². The van der Waals surface area contributed by atoms with Crippen molar-refractivity contribution >= 4 is 23.3 Å². The van der Waals surface area contributed by atoms with Gasteiger partial charge in [0.2, 0.25) is 11.9 Å². The predicted molar refractivity (Wildman–Crippen MR) is 162 cm³/mol. The number of rotatable bonds is 6. The van der Waals surface area contributed by atoms with E-state index in [2.05, 4.69) is 15.3 Å². The van der Waals surface area contributed by atoms with Crippen LogP contribution in [0.5, 0.6) is 0 Å². The first-order valence-corrected chi connectivity index (χ1v) is 14.3. The third kappa shape index (κ3) is 5.65. The molecule has 1 N–H and O–H groups in total. The van der Waals surface area contributed by atoms with E-state index in [0.29, 0.717) is 47.8 Å². The fraction of sp³-hybridized carbons (Fsp3) is 0.152. The summed E-state index contributed by atoms with van der Waals surface area (Å²) in [5.41, 5.74) is 6.03. The molecule has 6 aromatic rings. The minimum atomic E-state index is -0.763. The topological polar surface area (TPSA) is 110 Å². The normalized spacial score (nSPS) is 12.7. The number of anilines is 1. The quantitative estimate of drug-likeness (QED) is 0.266. The van der Waals surface area contributed by atoms with E-state index in [1.807, 2.05) is 40.8 Å². The van der Waals surface area contributed by atoms with Crippen molar-refractivity contribution in [2.45, 2.75) is 26.4 Å². The Bertz CT molecular complexity index is 2070. The molecule has 1 aliphatic rings. The molecule has 7 rings (SSSR count). The molecular weight excluding hydrogens is 578 g/mol. The number of hydrogen-bond donors (Lipinski definition) is 1. The summed E-state index contributed by atoms with van der Waals surface area (Å²) in [5.74, 6) is -1.43. The lowest BCUT2D eigenvalue weighted by Crippen LogP contribution is -2.39. The largest absolute Gasteiger partial charge is 0.335 e. The fourth-order valence-electron chi connectivity index (χ4n) is 5.41. The van der Waals surface area contributed by atoms with E-state index in [1.54, 1.807) is 30.5 Å². The van der Waals surface area contributed by atoms with Crippen molar-refractivity contribution in [2.24, 2.45) is 0 Å². The molecule has 0 saturated carbocycles. The van der Waals surface area contributed by atoms with Gasteiger partial charge < -0.3 is 10.2 Å². The second-order valence-corrected chi connectivity index (χ2v) is 10.8. The van der Waals surface area contributed by atoms with E-state index >= 15 is 0 Å². The lowest BCUT2D eigenvalue weighted by atomic mass is 10.0. The van der Waals surface area contributed by atoms with Crippen LogP contribution in [-0.2, 0) is 24.3 Å². The highest BCUT2D eigenvalue weighted by atomic mass is 19.1. The highest BCUT2D eigenvalue weighted by Gasteiger charge is 2.29. The van der Waals surface area contributed by atoms with Crippen LogP contribution in [-0.4, -0.2) is 52.6 Å². The van der Waals surface area contributed by atoms with Gasteiger partial charge in [0, 0.05) is 29.9 Å². The number of nitrogens with zero attached hydrogens (tertiary/aromatic N) is 7. The summed E-state index contributed by atoms with van der Waals surface area (Å²) in [7, 11) is 0. The number of benzene rings is 2. The number of amides is 2. The maximum absolute atomic E-state index is 13.8. The SMILES string of the molecule is Cc1ccc(CC(=O)N2CCn3nc(-c4ccc(F)cc4)c(-c4ccc5nc(NC(=O)c6ccnc(F)c6)cn5n4)c3C2)cc1. The molecule has 0 unspecified atom stereocenters. The maximum Gasteiger partial charge on any atom is 0.257 e. The van der Waals surface area contributed by atoms with Gasteiger partial charge in [-0.25, -0.2) is 18.9 Å². The van der Waals surface area contributed by atoms with Crippen molar-refractivity contribution in [1.82, 2.24) is 34.3 Å². The molecule has 5 heterocycles. The summed E-state index contributed by atoms with van der Waals surface area (Å²) in [6.45, 7) is 3.32. The molecule has 0 aliphatic carbocycles. The third-order valence-corrected chi connectivity index (χ3v) is 7.73. The lowest BCUT2D eigenvalue weighted by Gasteiger charge is -2.28. The molecule has 2 amide bonds. The number of nitrogens with one attached hydrogen (secondary N) is 1. The summed E-state index contributed by atoms with van der Waals surface area (Å²) >= 11 is 0. The molecule has 0 radical (unpaired) electrons. The summed E-state index contributed by atoms with van der Waals surface area (Å²) < 4.78 is 30.8. The number of imidazole rings is 1. The Kier molecular flexibility index (Phi) is 7.08. The van der Waals surface area contributed by atoms with Crippen molar-refractivity contribution < 1.29 is 18.4 Å². The first kappa shape index (κ1) is 28.0. The monoisotopic (exact) mass is 604 g/mol. The van der Waals surface area contributed by atoms with Crippen molar-refractivity contribution in [3.05, 3.63) is 119 Å². The number of fused-ring (bicyclic) bond motifs is 2. The Morgan fingerprint density at radius 1 is 0.933 bits per heavy atom. The summed E-state index contributed by atoms with van der Waals surface area (Å²) in [5, 5.41) is 12.3. The molecule has 0 atom stereocenters. The zero-order valence-corrected chi connectivity index (χ0v) is 24.1. The van der Waals surface area contributed by atoms with E-state index in [-0.39, 0.29) is 29.5 Å². The predicted octanol–water partition coefficient (Wildman–Crippen LogP) is 5.08. The number of aryl methyl sites for hydroxylation is 1. The molecule has 2 aromatic carbocycles. The van der Waals surface area contributed by atoms with Gasteiger partial charge in [0.15, 0.2) is 11.5 Å². The molecule has 10 nitrogen and oxygen atoms in total. The second kappa shape index (κ2) is 11.4. The molecule has 1 aliphatic heterocycles. The Morgan fingerprint density at radius 2 is 1.73 bits per heavy atom. The van der Waals surface area contributed by atoms with Crippen LogP contribution in [0.25, 0.3) is 28.2 Å².